The van der Waals surface area contributed by atoms with Crippen LogP contribution in [-0.2, 0) is 11.2 Å². The molecule has 0 aliphatic heterocycles. The number of rotatable bonds is 5. The van der Waals surface area contributed by atoms with Gasteiger partial charge in [-0.2, -0.15) is 0 Å². The van der Waals surface area contributed by atoms with E-state index in [4.69, 9.17) is 9.84 Å². The predicted octanol–water partition coefficient (Wildman–Crippen LogP) is 3.01. The summed E-state index contributed by atoms with van der Waals surface area (Å²) in [7, 11) is 0. The van der Waals surface area contributed by atoms with E-state index in [-0.39, 0.29) is 12.1 Å². The molecule has 0 bridgehead atoms. The van der Waals surface area contributed by atoms with Crippen LogP contribution in [0.3, 0.4) is 0 Å². The van der Waals surface area contributed by atoms with E-state index in [9.17, 15) is 14.9 Å². The molecular weight excluding hydrogens is 262 g/mol. The molecule has 20 heavy (non-hydrogen) atoms. The minimum atomic E-state index is -0.894. The lowest BCUT2D eigenvalue weighted by Gasteiger charge is -2.06. The normalized spacial score (nSPS) is 10.0. The fourth-order valence-corrected chi connectivity index (χ4v) is 1.62. The van der Waals surface area contributed by atoms with E-state index in [2.05, 4.69) is 0 Å². The minimum absolute atomic E-state index is 0.00541. The highest BCUT2D eigenvalue weighted by molar-refractivity contribution is 5.70. The molecule has 2 rings (SSSR count). The maximum absolute atomic E-state index is 10.5. The second-order valence-electron chi connectivity index (χ2n) is 4.07. The smallest absolute Gasteiger partial charge is 0.307 e. The second kappa shape index (κ2) is 5.83. The van der Waals surface area contributed by atoms with Gasteiger partial charge < -0.3 is 9.84 Å². The van der Waals surface area contributed by atoms with Crippen LogP contribution in [0.4, 0.5) is 5.69 Å². The first kappa shape index (κ1) is 13.5. The van der Waals surface area contributed by atoms with Crippen molar-refractivity contribution in [2.75, 3.05) is 0 Å². The Kier molecular flexibility index (Phi) is 3.95. The third-order valence-electron chi connectivity index (χ3n) is 2.56. The zero-order valence-electron chi connectivity index (χ0n) is 10.4. The van der Waals surface area contributed by atoms with Crippen LogP contribution in [0.1, 0.15) is 5.56 Å². The van der Waals surface area contributed by atoms with Crippen molar-refractivity contribution in [1.29, 1.82) is 0 Å². The molecule has 2 aromatic carbocycles. The molecule has 6 nitrogen and oxygen atoms in total. The number of carbonyl (C=O) groups is 1. The summed E-state index contributed by atoms with van der Waals surface area (Å²) in [5.74, 6) is 0.114. The SMILES string of the molecule is O=C(O)Cc1ccc(Oc2ccc([N+](=O)[O-])cc2)cc1. The van der Waals surface area contributed by atoms with Crippen LogP contribution in [0, 0.1) is 10.1 Å². The molecule has 2 aromatic rings. The Morgan fingerprint density at radius 1 is 1.05 bits per heavy atom. The molecule has 6 heteroatoms. The van der Waals surface area contributed by atoms with Crippen LogP contribution in [0.2, 0.25) is 0 Å². The van der Waals surface area contributed by atoms with E-state index in [0.29, 0.717) is 17.1 Å². The van der Waals surface area contributed by atoms with E-state index in [1.54, 1.807) is 24.3 Å². The molecule has 0 aromatic heterocycles. The third kappa shape index (κ3) is 3.55. The van der Waals surface area contributed by atoms with Gasteiger partial charge in [0.2, 0.25) is 0 Å². The number of hydrogen-bond acceptors (Lipinski definition) is 4. The largest absolute Gasteiger partial charge is 0.481 e. The number of non-ortho nitro benzene ring substituents is 1. The number of nitrogens with zero attached hydrogens (tertiary/aromatic N) is 1. The predicted molar refractivity (Wildman–Crippen MR) is 71.0 cm³/mol. The summed E-state index contributed by atoms with van der Waals surface area (Å²) in [5, 5.41) is 19.2. The lowest BCUT2D eigenvalue weighted by molar-refractivity contribution is -0.384. The van der Waals surface area contributed by atoms with Crippen molar-refractivity contribution >= 4 is 11.7 Å². The second-order valence-corrected chi connectivity index (χ2v) is 4.07. The number of nitro groups is 1. The van der Waals surface area contributed by atoms with Gasteiger partial charge in [-0.05, 0) is 29.8 Å². The summed E-state index contributed by atoms with van der Waals surface area (Å²) in [4.78, 5) is 20.6. The topological polar surface area (TPSA) is 89.7 Å². The molecule has 0 heterocycles. The number of carboxylic acid groups (broad SMARTS) is 1. The van der Waals surface area contributed by atoms with Crippen LogP contribution >= 0.6 is 0 Å². The molecule has 0 saturated heterocycles. The Balaban J connectivity index is 2.06. The van der Waals surface area contributed by atoms with Crippen LogP contribution in [0.25, 0.3) is 0 Å². The minimum Gasteiger partial charge on any atom is -0.481 e. The van der Waals surface area contributed by atoms with Crippen LogP contribution in [-0.4, -0.2) is 16.0 Å². The zero-order valence-corrected chi connectivity index (χ0v) is 10.4. The number of ether oxygens (including phenoxy) is 1. The van der Waals surface area contributed by atoms with Gasteiger partial charge in [0.05, 0.1) is 11.3 Å². The summed E-state index contributed by atoms with van der Waals surface area (Å²) in [6.07, 6.45) is -0.0438. The van der Waals surface area contributed by atoms with Crippen molar-refractivity contribution in [2.45, 2.75) is 6.42 Å². The van der Waals surface area contributed by atoms with Crippen LogP contribution in [0.5, 0.6) is 11.5 Å². The van der Waals surface area contributed by atoms with Gasteiger partial charge in [0.25, 0.3) is 5.69 Å². The van der Waals surface area contributed by atoms with Gasteiger partial charge in [0, 0.05) is 12.1 Å². The molecule has 1 N–H and O–H groups in total. The van der Waals surface area contributed by atoms with Gasteiger partial charge in [0.1, 0.15) is 11.5 Å². The Morgan fingerprint density at radius 2 is 1.55 bits per heavy atom. The Hall–Kier alpha value is -2.89. The van der Waals surface area contributed by atoms with Crippen molar-refractivity contribution in [3.05, 3.63) is 64.2 Å². The molecule has 0 unspecified atom stereocenters. The van der Waals surface area contributed by atoms with Gasteiger partial charge >= 0.3 is 5.97 Å². The highest BCUT2D eigenvalue weighted by Gasteiger charge is 2.05. The highest BCUT2D eigenvalue weighted by Crippen LogP contribution is 2.24. The van der Waals surface area contributed by atoms with Crippen LogP contribution in [0.15, 0.2) is 48.5 Å². The molecule has 102 valence electrons. The summed E-state index contributed by atoms with van der Waals surface area (Å²) >= 11 is 0. The Labute approximate surface area is 114 Å². The molecule has 0 aliphatic rings. The van der Waals surface area contributed by atoms with Crippen molar-refractivity contribution in [3.8, 4) is 11.5 Å². The average Bonchev–Trinajstić information content (AvgIpc) is 2.41. The molecular formula is C14H11NO5. The zero-order chi connectivity index (χ0) is 14.5. The van der Waals surface area contributed by atoms with Crippen molar-refractivity contribution < 1.29 is 19.6 Å². The fourth-order valence-electron chi connectivity index (χ4n) is 1.62. The number of aliphatic carboxylic acids is 1. The fraction of sp³-hybridized carbons (Fsp3) is 0.0714. The van der Waals surface area contributed by atoms with Gasteiger partial charge in [-0.1, -0.05) is 12.1 Å². The molecule has 0 spiro atoms. The lowest BCUT2D eigenvalue weighted by atomic mass is 10.1. The third-order valence-corrected chi connectivity index (χ3v) is 2.56. The quantitative estimate of drug-likeness (QED) is 0.668. The molecule has 0 atom stereocenters. The molecule has 0 radical (unpaired) electrons. The number of hydrogen-bond donors (Lipinski definition) is 1. The molecule has 0 amide bonds. The number of benzene rings is 2. The monoisotopic (exact) mass is 273 g/mol. The van der Waals surface area contributed by atoms with Crippen molar-refractivity contribution in [2.24, 2.45) is 0 Å². The summed E-state index contributed by atoms with van der Waals surface area (Å²) in [6, 6.07) is 12.3. The summed E-state index contributed by atoms with van der Waals surface area (Å²) in [5.41, 5.74) is 0.669. The first-order valence-corrected chi connectivity index (χ1v) is 5.77. The molecule has 0 aliphatic carbocycles. The highest BCUT2D eigenvalue weighted by atomic mass is 16.6. The van der Waals surface area contributed by atoms with E-state index in [0.717, 1.165) is 0 Å². The van der Waals surface area contributed by atoms with Gasteiger partial charge in [-0.3, -0.25) is 14.9 Å². The van der Waals surface area contributed by atoms with E-state index in [1.165, 1.54) is 24.3 Å². The molecule has 0 saturated carbocycles. The lowest BCUT2D eigenvalue weighted by Crippen LogP contribution is -1.99. The first-order chi connectivity index (χ1) is 9.54. The summed E-state index contributed by atoms with van der Waals surface area (Å²) in [6.45, 7) is 0. The van der Waals surface area contributed by atoms with Crippen LogP contribution < -0.4 is 4.74 Å². The molecule has 0 fully saturated rings. The summed E-state index contributed by atoms with van der Waals surface area (Å²) < 4.78 is 5.50. The van der Waals surface area contributed by atoms with Gasteiger partial charge in [0.15, 0.2) is 0 Å². The maximum atomic E-state index is 10.5. The Morgan fingerprint density at radius 3 is 2.00 bits per heavy atom. The number of carboxylic acids is 1. The number of nitro benzene ring substituents is 1. The van der Waals surface area contributed by atoms with Crippen molar-refractivity contribution in [3.63, 3.8) is 0 Å². The Bertz CT molecular complexity index is 619. The average molecular weight is 273 g/mol. The maximum Gasteiger partial charge on any atom is 0.307 e. The first-order valence-electron chi connectivity index (χ1n) is 5.77. The van der Waals surface area contributed by atoms with Gasteiger partial charge in [-0.15, -0.1) is 0 Å². The van der Waals surface area contributed by atoms with E-state index in [1.807, 2.05) is 0 Å². The van der Waals surface area contributed by atoms with E-state index < -0.39 is 10.9 Å². The van der Waals surface area contributed by atoms with Crippen molar-refractivity contribution in [1.82, 2.24) is 0 Å². The van der Waals surface area contributed by atoms with E-state index >= 15 is 0 Å². The van der Waals surface area contributed by atoms with Gasteiger partial charge in [-0.25, -0.2) is 0 Å². The standard InChI is InChI=1S/C14H11NO5/c16-14(17)9-10-1-5-12(6-2-10)20-13-7-3-11(4-8-13)15(18)19/h1-8H,9H2,(H,16,17).